The molecule has 146 valence electrons. The highest BCUT2D eigenvalue weighted by atomic mass is 16.6. The Morgan fingerprint density at radius 2 is 1.70 bits per heavy atom. The maximum atomic E-state index is 12.0. The van der Waals surface area contributed by atoms with Crippen LogP contribution in [-0.4, -0.2) is 31.3 Å². The van der Waals surface area contributed by atoms with E-state index < -0.39 is 11.7 Å². The lowest BCUT2D eigenvalue weighted by molar-refractivity contribution is -0.121. The molecular weight excluding hydrogens is 344 g/mol. The van der Waals surface area contributed by atoms with Crippen molar-refractivity contribution in [2.45, 2.75) is 45.8 Å². The lowest BCUT2D eigenvalue weighted by Gasteiger charge is -2.19. The van der Waals surface area contributed by atoms with Crippen molar-refractivity contribution in [1.29, 1.82) is 0 Å². The molecular formula is C21H28N2O4. The molecule has 0 bridgehead atoms. The molecule has 0 saturated heterocycles. The van der Waals surface area contributed by atoms with E-state index in [-0.39, 0.29) is 5.91 Å². The fourth-order valence-corrected chi connectivity index (χ4v) is 2.55. The van der Waals surface area contributed by atoms with Crippen molar-refractivity contribution < 1.29 is 19.1 Å². The number of fused-ring (bicyclic) bond motifs is 1. The van der Waals surface area contributed by atoms with Crippen molar-refractivity contribution in [2.24, 2.45) is 0 Å². The van der Waals surface area contributed by atoms with E-state index in [0.717, 1.165) is 22.1 Å². The summed E-state index contributed by atoms with van der Waals surface area (Å²) in [6.07, 6.45) is 0.444. The van der Waals surface area contributed by atoms with E-state index in [1.54, 1.807) is 7.11 Å². The fraction of sp³-hybridized carbons (Fsp3) is 0.429. The number of carbonyl (C=O) groups excluding carboxylic acids is 2. The molecule has 0 aliphatic heterocycles. The molecule has 0 aromatic heterocycles. The number of rotatable bonds is 7. The predicted molar refractivity (Wildman–Crippen MR) is 106 cm³/mol. The molecule has 2 N–H and O–H groups in total. The smallest absolute Gasteiger partial charge is 0.407 e. The van der Waals surface area contributed by atoms with Gasteiger partial charge in [-0.15, -0.1) is 0 Å². The summed E-state index contributed by atoms with van der Waals surface area (Å²) >= 11 is 0. The average molecular weight is 372 g/mol. The zero-order valence-corrected chi connectivity index (χ0v) is 16.4. The number of methoxy groups -OCH3 is 1. The minimum absolute atomic E-state index is 0.0455. The van der Waals surface area contributed by atoms with Crippen LogP contribution in [0.3, 0.4) is 0 Å². The molecule has 0 spiro atoms. The summed E-state index contributed by atoms with van der Waals surface area (Å²) in [5, 5.41) is 7.75. The van der Waals surface area contributed by atoms with Crippen molar-refractivity contribution in [2.75, 3.05) is 13.7 Å². The minimum Gasteiger partial charge on any atom is -0.497 e. The second kappa shape index (κ2) is 9.26. The van der Waals surface area contributed by atoms with Gasteiger partial charge < -0.3 is 20.1 Å². The van der Waals surface area contributed by atoms with Crippen LogP contribution >= 0.6 is 0 Å². The largest absolute Gasteiger partial charge is 0.497 e. The van der Waals surface area contributed by atoms with E-state index in [0.29, 0.717) is 25.9 Å². The summed E-state index contributed by atoms with van der Waals surface area (Å²) in [4.78, 5) is 23.5. The maximum Gasteiger partial charge on any atom is 0.407 e. The second-order valence-electron chi connectivity index (χ2n) is 7.36. The summed E-state index contributed by atoms with van der Waals surface area (Å²) in [6.45, 7) is 6.30. The molecule has 0 unspecified atom stereocenters. The van der Waals surface area contributed by atoms with Crippen molar-refractivity contribution in [3.63, 3.8) is 0 Å². The van der Waals surface area contributed by atoms with Gasteiger partial charge in [-0.1, -0.05) is 18.2 Å². The van der Waals surface area contributed by atoms with Gasteiger partial charge in [0.1, 0.15) is 11.4 Å². The van der Waals surface area contributed by atoms with Gasteiger partial charge in [0.15, 0.2) is 0 Å². The Bertz CT molecular complexity index is 796. The highest BCUT2D eigenvalue weighted by molar-refractivity contribution is 5.84. The molecule has 2 aromatic rings. The van der Waals surface area contributed by atoms with Crippen molar-refractivity contribution in [1.82, 2.24) is 10.6 Å². The number of hydrogen-bond donors (Lipinski definition) is 2. The van der Waals surface area contributed by atoms with Gasteiger partial charge >= 0.3 is 6.09 Å². The third-order valence-electron chi connectivity index (χ3n) is 3.85. The van der Waals surface area contributed by atoms with Gasteiger partial charge in [0.25, 0.3) is 0 Å². The van der Waals surface area contributed by atoms with Gasteiger partial charge in [0.05, 0.1) is 7.11 Å². The van der Waals surface area contributed by atoms with Gasteiger partial charge in [-0.2, -0.15) is 0 Å². The quantitative estimate of drug-likeness (QED) is 0.726. The highest BCUT2D eigenvalue weighted by Crippen LogP contribution is 2.21. The normalized spacial score (nSPS) is 11.1. The Kier molecular flexibility index (Phi) is 7.05. The van der Waals surface area contributed by atoms with Crippen LogP contribution < -0.4 is 15.4 Å². The average Bonchev–Trinajstić information content (AvgIpc) is 2.61. The molecule has 0 aliphatic carbocycles. The van der Waals surface area contributed by atoms with Crippen LogP contribution in [0.4, 0.5) is 4.79 Å². The maximum absolute atomic E-state index is 12.0. The topological polar surface area (TPSA) is 76.7 Å². The number of carbonyl (C=O) groups is 2. The molecule has 0 saturated carbocycles. The predicted octanol–water partition coefficient (Wildman–Crippen LogP) is 3.77. The summed E-state index contributed by atoms with van der Waals surface area (Å²) in [5.74, 6) is 0.777. The Morgan fingerprint density at radius 3 is 2.41 bits per heavy atom. The third-order valence-corrected chi connectivity index (χ3v) is 3.85. The number of ether oxygens (including phenoxy) is 2. The number of alkyl carbamates (subject to hydrolysis) is 1. The van der Waals surface area contributed by atoms with Crippen molar-refractivity contribution in [3.05, 3.63) is 42.0 Å². The molecule has 0 fully saturated rings. The second-order valence-corrected chi connectivity index (χ2v) is 7.36. The van der Waals surface area contributed by atoms with E-state index in [1.165, 1.54) is 0 Å². The molecule has 0 aliphatic rings. The molecule has 2 rings (SSSR count). The first kappa shape index (κ1) is 20.6. The zero-order valence-electron chi connectivity index (χ0n) is 16.4. The van der Waals surface area contributed by atoms with Crippen LogP contribution in [0.1, 0.15) is 39.2 Å². The molecule has 0 heterocycles. The van der Waals surface area contributed by atoms with Crippen LogP contribution in [0, 0.1) is 0 Å². The van der Waals surface area contributed by atoms with Gasteiger partial charge in [-0.3, -0.25) is 4.79 Å². The Hall–Kier alpha value is -2.76. The molecule has 2 aromatic carbocycles. The Balaban J connectivity index is 1.72. The molecule has 6 nitrogen and oxygen atoms in total. The van der Waals surface area contributed by atoms with Gasteiger partial charge in [0, 0.05) is 19.5 Å². The number of hydrogen-bond acceptors (Lipinski definition) is 4. The Labute approximate surface area is 160 Å². The van der Waals surface area contributed by atoms with E-state index in [1.807, 2.05) is 51.1 Å². The standard InChI is InChI=1S/C21H28N2O4/c1-21(2,3)27-20(25)22-11-5-6-19(24)23-14-15-7-8-17-13-18(26-4)10-9-16(17)12-15/h7-10,12-13H,5-6,11,14H2,1-4H3,(H,22,25)(H,23,24). The van der Waals surface area contributed by atoms with Crippen LogP contribution in [0.25, 0.3) is 10.8 Å². The number of nitrogens with one attached hydrogen (secondary N) is 2. The van der Waals surface area contributed by atoms with Crippen molar-refractivity contribution in [3.8, 4) is 5.75 Å². The molecule has 27 heavy (non-hydrogen) atoms. The third kappa shape index (κ3) is 7.17. The molecule has 0 atom stereocenters. The van der Waals surface area contributed by atoms with Gasteiger partial charge in [-0.25, -0.2) is 4.79 Å². The summed E-state index contributed by atoms with van der Waals surface area (Å²) in [6, 6.07) is 12.0. The Morgan fingerprint density at radius 1 is 1.00 bits per heavy atom. The van der Waals surface area contributed by atoms with Crippen LogP contribution in [0.15, 0.2) is 36.4 Å². The number of benzene rings is 2. The van der Waals surface area contributed by atoms with Gasteiger partial charge in [0.2, 0.25) is 5.91 Å². The van der Waals surface area contributed by atoms with E-state index in [4.69, 9.17) is 9.47 Å². The SMILES string of the molecule is COc1ccc2cc(CNC(=O)CCCNC(=O)OC(C)(C)C)ccc2c1. The molecule has 6 heteroatoms. The van der Waals surface area contributed by atoms with E-state index in [9.17, 15) is 9.59 Å². The van der Waals surface area contributed by atoms with E-state index in [2.05, 4.69) is 16.7 Å². The van der Waals surface area contributed by atoms with Crippen LogP contribution in [0.5, 0.6) is 5.75 Å². The molecule has 2 amide bonds. The van der Waals surface area contributed by atoms with Crippen LogP contribution in [0.2, 0.25) is 0 Å². The lowest BCUT2D eigenvalue weighted by Crippen LogP contribution is -2.33. The first-order chi connectivity index (χ1) is 12.8. The summed E-state index contributed by atoms with van der Waals surface area (Å²) in [5.41, 5.74) is 0.514. The number of amides is 2. The first-order valence-electron chi connectivity index (χ1n) is 9.07. The van der Waals surface area contributed by atoms with Gasteiger partial charge in [-0.05, 0) is 61.7 Å². The summed E-state index contributed by atoms with van der Waals surface area (Å²) < 4.78 is 10.4. The minimum atomic E-state index is -0.521. The van der Waals surface area contributed by atoms with Crippen LogP contribution in [-0.2, 0) is 16.1 Å². The van der Waals surface area contributed by atoms with Crippen molar-refractivity contribution >= 4 is 22.8 Å². The summed E-state index contributed by atoms with van der Waals surface area (Å²) in [7, 11) is 1.65. The molecule has 0 radical (unpaired) electrons. The monoisotopic (exact) mass is 372 g/mol. The first-order valence-corrected chi connectivity index (χ1v) is 9.07. The van der Waals surface area contributed by atoms with E-state index >= 15 is 0 Å². The zero-order chi connectivity index (χ0) is 19.9. The fourth-order valence-electron chi connectivity index (χ4n) is 2.55. The lowest BCUT2D eigenvalue weighted by atomic mass is 10.1. The highest BCUT2D eigenvalue weighted by Gasteiger charge is 2.15.